The lowest BCUT2D eigenvalue weighted by atomic mass is 10.1. The molecular weight excluding hydrogens is 401 g/mol. The van der Waals surface area contributed by atoms with Gasteiger partial charge in [0.15, 0.2) is 0 Å². The van der Waals surface area contributed by atoms with Gasteiger partial charge in [-0.2, -0.15) is 0 Å². The molecule has 0 spiro atoms. The summed E-state index contributed by atoms with van der Waals surface area (Å²) in [6, 6.07) is 11.3. The quantitative estimate of drug-likeness (QED) is 0.600. The summed E-state index contributed by atoms with van der Waals surface area (Å²) in [7, 11) is 0. The van der Waals surface area contributed by atoms with Gasteiger partial charge in [0.1, 0.15) is 5.69 Å². The first-order valence-corrected chi connectivity index (χ1v) is 9.19. The molecule has 1 aliphatic rings. The van der Waals surface area contributed by atoms with Gasteiger partial charge in [0.25, 0.3) is 0 Å². The van der Waals surface area contributed by atoms with Gasteiger partial charge in [-0.25, -0.2) is 4.79 Å². The maximum Gasteiger partial charge on any atom is 0.329 e. The molecule has 1 atom stereocenters. The number of aromatic nitrogens is 2. The van der Waals surface area contributed by atoms with E-state index >= 15 is 0 Å². The molecule has 8 heteroatoms. The zero-order valence-electron chi connectivity index (χ0n) is 14.4. The summed E-state index contributed by atoms with van der Waals surface area (Å²) in [5.41, 5.74) is 2.61. The first-order valence-electron chi connectivity index (χ1n) is 8.43. The standard InChI is InChI=1S/C20H15Cl2N3O3/c21-13-3-1-11(2-4-13)18(10-26)25-19(27)17(24-20(25)28)7-12-9-23-16-8-14(22)5-6-15(12)16/h1-9,18,26-27H,10H2,(H,24,28). The molecule has 6 nitrogen and oxygen atoms in total. The number of aromatic amines is 1. The summed E-state index contributed by atoms with van der Waals surface area (Å²) in [6.07, 6.45) is 3.27. The van der Waals surface area contributed by atoms with E-state index in [9.17, 15) is 15.0 Å². The number of aliphatic hydroxyl groups excluding tert-OH is 1. The van der Waals surface area contributed by atoms with Crippen molar-refractivity contribution in [2.45, 2.75) is 6.04 Å². The van der Waals surface area contributed by atoms with E-state index in [0.29, 0.717) is 15.6 Å². The fourth-order valence-electron chi connectivity index (χ4n) is 3.20. The molecule has 0 fully saturated rings. The van der Waals surface area contributed by atoms with E-state index in [1.165, 1.54) is 0 Å². The lowest BCUT2D eigenvalue weighted by Gasteiger charge is -2.16. The van der Waals surface area contributed by atoms with E-state index in [1.54, 1.807) is 48.7 Å². The number of hydrogen-bond donors (Lipinski definition) is 3. The number of hydrogen-bond acceptors (Lipinski definition) is 4. The molecule has 0 radical (unpaired) electrons. The molecule has 0 amide bonds. The number of imidazole rings is 1. The van der Waals surface area contributed by atoms with E-state index in [4.69, 9.17) is 23.2 Å². The van der Waals surface area contributed by atoms with Gasteiger partial charge in [-0.3, -0.25) is 9.56 Å². The summed E-state index contributed by atoms with van der Waals surface area (Å²) in [5, 5.41) is 21.6. The molecule has 28 heavy (non-hydrogen) atoms. The van der Waals surface area contributed by atoms with Gasteiger partial charge in [-0.1, -0.05) is 41.4 Å². The number of nitrogens with zero attached hydrogens (tertiary/aromatic N) is 2. The van der Waals surface area contributed by atoms with Gasteiger partial charge in [0.05, 0.1) is 18.3 Å². The number of aromatic hydroxyl groups is 1. The summed E-state index contributed by atoms with van der Waals surface area (Å²) >= 11 is 11.9. The van der Waals surface area contributed by atoms with E-state index in [2.05, 4.69) is 9.98 Å². The van der Waals surface area contributed by atoms with Crippen molar-refractivity contribution < 1.29 is 10.2 Å². The minimum Gasteiger partial charge on any atom is -0.493 e. The van der Waals surface area contributed by atoms with Crippen LogP contribution in [-0.4, -0.2) is 32.6 Å². The van der Waals surface area contributed by atoms with Gasteiger partial charge in [0.2, 0.25) is 5.88 Å². The number of allylic oxidation sites excluding steroid dienone is 1. The second-order valence-electron chi connectivity index (χ2n) is 6.31. The Bertz CT molecular complexity index is 1160. The topological polar surface area (TPSA) is 90.6 Å². The number of nitrogens with one attached hydrogen (secondary N) is 1. The molecule has 3 aromatic rings. The Labute approximate surface area is 170 Å². The zero-order chi connectivity index (χ0) is 19.8. The summed E-state index contributed by atoms with van der Waals surface area (Å²) < 4.78 is 1.12. The molecule has 1 unspecified atom stereocenters. The first kappa shape index (κ1) is 18.6. The number of rotatable bonds is 4. The molecule has 0 saturated heterocycles. The number of H-pyrrole nitrogens is 1. The molecule has 3 N–H and O–H groups in total. The predicted octanol–water partition coefficient (Wildman–Crippen LogP) is 4.03. The van der Waals surface area contributed by atoms with Gasteiger partial charge < -0.3 is 15.2 Å². The maximum absolute atomic E-state index is 12.5. The third-order valence-electron chi connectivity index (χ3n) is 4.58. The first-order chi connectivity index (χ1) is 13.5. The van der Waals surface area contributed by atoms with Crippen LogP contribution in [0.4, 0.5) is 5.69 Å². The second-order valence-corrected chi connectivity index (χ2v) is 7.18. The van der Waals surface area contributed by atoms with Crippen LogP contribution < -0.4 is 5.69 Å². The fourth-order valence-corrected chi connectivity index (χ4v) is 3.50. The Morgan fingerprint density at radius 2 is 1.86 bits per heavy atom. The molecule has 0 saturated carbocycles. The average Bonchev–Trinajstić information content (AvgIpc) is 3.19. The lowest BCUT2D eigenvalue weighted by molar-refractivity contribution is 0.237. The molecule has 0 bridgehead atoms. The fraction of sp³-hybridized carbons (Fsp3) is 0.100. The van der Waals surface area contributed by atoms with E-state index in [0.717, 1.165) is 21.4 Å². The van der Waals surface area contributed by atoms with Crippen molar-refractivity contribution in [3.8, 4) is 5.88 Å². The largest absolute Gasteiger partial charge is 0.493 e. The monoisotopic (exact) mass is 415 g/mol. The van der Waals surface area contributed by atoms with Crippen LogP contribution in [0.1, 0.15) is 22.9 Å². The highest BCUT2D eigenvalue weighted by Crippen LogP contribution is 2.35. The highest BCUT2D eigenvalue weighted by Gasteiger charge is 2.22. The Hall–Kier alpha value is -2.80. The molecular formula is C20H15Cl2N3O3. The third kappa shape index (κ3) is 3.26. The molecule has 1 aromatic heterocycles. The predicted molar refractivity (Wildman–Crippen MR) is 111 cm³/mol. The lowest BCUT2D eigenvalue weighted by Crippen LogP contribution is -2.25. The van der Waals surface area contributed by atoms with Crippen molar-refractivity contribution >= 4 is 46.8 Å². The van der Waals surface area contributed by atoms with Crippen molar-refractivity contribution in [2.24, 2.45) is 4.99 Å². The smallest absolute Gasteiger partial charge is 0.329 e. The van der Waals surface area contributed by atoms with Gasteiger partial charge in [-0.05, 0) is 35.9 Å². The summed E-state index contributed by atoms with van der Waals surface area (Å²) in [4.78, 5) is 19.4. The minimum absolute atomic E-state index is 0.224. The van der Waals surface area contributed by atoms with E-state index in [-0.39, 0.29) is 18.2 Å². The Morgan fingerprint density at radius 3 is 2.57 bits per heavy atom. The number of halogens is 2. The van der Waals surface area contributed by atoms with Crippen molar-refractivity contribution in [1.82, 2.24) is 9.55 Å². The number of fused-ring (bicyclic) bond motifs is 1. The van der Waals surface area contributed by atoms with Crippen molar-refractivity contribution in [2.75, 3.05) is 6.61 Å². The molecule has 0 aliphatic carbocycles. The van der Waals surface area contributed by atoms with Crippen LogP contribution in [0, 0.1) is 0 Å². The summed E-state index contributed by atoms with van der Waals surface area (Å²) in [5.74, 6) is -0.276. The van der Waals surface area contributed by atoms with Crippen LogP contribution in [0.5, 0.6) is 5.88 Å². The van der Waals surface area contributed by atoms with Crippen LogP contribution in [0.3, 0.4) is 0 Å². The molecule has 2 aromatic carbocycles. The number of aliphatic imine (C=N–C) groups is 1. The second kappa shape index (κ2) is 7.31. The molecule has 4 rings (SSSR count). The Kier molecular flexibility index (Phi) is 4.85. The average molecular weight is 416 g/mol. The van der Waals surface area contributed by atoms with E-state index in [1.807, 2.05) is 6.07 Å². The maximum atomic E-state index is 12.5. The number of benzene rings is 2. The Morgan fingerprint density at radius 1 is 1.14 bits per heavy atom. The van der Waals surface area contributed by atoms with Gasteiger partial charge >= 0.3 is 5.69 Å². The van der Waals surface area contributed by atoms with Crippen molar-refractivity contribution in [3.05, 3.63) is 79.8 Å². The van der Waals surface area contributed by atoms with E-state index < -0.39 is 11.7 Å². The normalized spacial score (nSPS) is 15.2. The SMILES string of the molecule is O=c1[nH]c(C=C2C=Nc3cc(Cl)ccc32)c(O)n1C(CO)c1ccc(Cl)cc1. The van der Waals surface area contributed by atoms with Crippen LogP contribution in [0.25, 0.3) is 11.6 Å². The Balaban J connectivity index is 1.76. The summed E-state index contributed by atoms with van der Waals surface area (Å²) in [6.45, 7) is -0.369. The number of aliphatic hydroxyl groups is 1. The van der Waals surface area contributed by atoms with Crippen LogP contribution in [0.2, 0.25) is 10.0 Å². The van der Waals surface area contributed by atoms with Gasteiger partial charge in [0, 0.05) is 27.4 Å². The third-order valence-corrected chi connectivity index (χ3v) is 5.07. The molecule has 142 valence electrons. The van der Waals surface area contributed by atoms with Crippen molar-refractivity contribution in [1.29, 1.82) is 0 Å². The minimum atomic E-state index is -0.753. The highest BCUT2D eigenvalue weighted by molar-refractivity contribution is 6.31. The van der Waals surface area contributed by atoms with Gasteiger partial charge in [-0.15, -0.1) is 0 Å². The van der Waals surface area contributed by atoms with Crippen molar-refractivity contribution in [3.63, 3.8) is 0 Å². The highest BCUT2D eigenvalue weighted by atomic mass is 35.5. The van der Waals surface area contributed by atoms with Crippen LogP contribution >= 0.6 is 23.2 Å². The van der Waals surface area contributed by atoms with Crippen LogP contribution in [0.15, 0.2) is 52.3 Å². The molecule has 1 aliphatic heterocycles. The molecule has 2 heterocycles. The zero-order valence-corrected chi connectivity index (χ0v) is 15.9. The van der Waals surface area contributed by atoms with Crippen LogP contribution in [-0.2, 0) is 0 Å².